The molecule has 0 spiro atoms. The summed E-state index contributed by atoms with van der Waals surface area (Å²) in [5.74, 6) is 0. The number of nitrogens with zero attached hydrogens (tertiary/aromatic N) is 1. The Balaban J connectivity index is 2.90. The predicted octanol–water partition coefficient (Wildman–Crippen LogP) is 2.82. The smallest absolute Gasteiger partial charge is 0.0865 e. The van der Waals surface area contributed by atoms with Crippen molar-refractivity contribution in [2.45, 2.75) is 39.2 Å². The Labute approximate surface area is 69.2 Å². The van der Waals surface area contributed by atoms with Crippen LogP contribution in [0.3, 0.4) is 0 Å². The van der Waals surface area contributed by atoms with Gasteiger partial charge in [0.15, 0.2) is 0 Å². The molecule has 0 amide bonds. The Kier molecular flexibility index (Phi) is 1.91. The zero-order valence-electron chi connectivity index (χ0n) is 7.72. The van der Waals surface area contributed by atoms with E-state index in [1.54, 1.807) is 0 Å². The maximum atomic E-state index is 4.23. The Morgan fingerprint density at radius 2 is 1.91 bits per heavy atom. The fourth-order valence-corrected chi connectivity index (χ4v) is 1.85. The van der Waals surface area contributed by atoms with Crippen LogP contribution in [-0.2, 0) is 0 Å². The molecule has 1 rings (SSSR count). The van der Waals surface area contributed by atoms with Crippen LogP contribution in [0.4, 0.5) is 0 Å². The molecule has 1 heteroatoms. The van der Waals surface area contributed by atoms with Gasteiger partial charge >= 0.3 is 0 Å². The first kappa shape index (κ1) is 8.51. The second kappa shape index (κ2) is 2.47. The molecule has 0 saturated carbocycles. The summed E-state index contributed by atoms with van der Waals surface area (Å²) < 4.78 is 0. The topological polar surface area (TPSA) is 12.4 Å². The minimum Gasteiger partial charge on any atom is -0.289 e. The lowest BCUT2D eigenvalue weighted by Crippen LogP contribution is -2.47. The van der Waals surface area contributed by atoms with E-state index in [9.17, 15) is 0 Å². The van der Waals surface area contributed by atoms with Gasteiger partial charge in [-0.1, -0.05) is 32.9 Å². The lowest BCUT2D eigenvalue weighted by atomic mass is 9.60. The molecule has 0 aliphatic heterocycles. The second-order valence-corrected chi connectivity index (χ2v) is 3.54. The van der Waals surface area contributed by atoms with E-state index in [4.69, 9.17) is 0 Å². The summed E-state index contributed by atoms with van der Waals surface area (Å²) in [7, 11) is 0. The molecule has 2 atom stereocenters. The van der Waals surface area contributed by atoms with Crippen LogP contribution in [0.1, 0.15) is 33.6 Å². The summed E-state index contributed by atoms with van der Waals surface area (Å²) in [5, 5.41) is 0. The van der Waals surface area contributed by atoms with E-state index in [0.717, 1.165) is 12.8 Å². The summed E-state index contributed by atoms with van der Waals surface area (Å²) in [6, 6.07) is 0. The molecule has 0 heterocycles. The summed E-state index contributed by atoms with van der Waals surface area (Å²) in [5.41, 5.74) is 0.311. The van der Waals surface area contributed by atoms with Gasteiger partial charge in [-0.2, -0.15) is 0 Å². The monoisotopic (exact) mass is 151 g/mol. The molecular formula is C10H17N. The molecular weight excluding hydrogens is 134 g/mol. The summed E-state index contributed by atoms with van der Waals surface area (Å²) in [6.45, 7) is 10.3. The van der Waals surface area contributed by atoms with Gasteiger partial charge in [-0.15, -0.1) is 0 Å². The van der Waals surface area contributed by atoms with E-state index in [2.05, 4.69) is 44.6 Å². The second-order valence-electron chi connectivity index (χ2n) is 3.54. The Morgan fingerprint density at radius 1 is 1.27 bits per heavy atom. The van der Waals surface area contributed by atoms with E-state index >= 15 is 0 Å². The fourth-order valence-electron chi connectivity index (χ4n) is 1.85. The molecule has 0 saturated heterocycles. The van der Waals surface area contributed by atoms with Crippen LogP contribution in [0.5, 0.6) is 0 Å². The lowest BCUT2D eigenvalue weighted by molar-refractivity contribution is 0.203. The average molecular weight is 151 g/mol. The van der Waals surface area contributed by atoms with Crippen molar-refractivity contribution in [2.75, 3.05) is 0 Å². The summed E-state index contributed by atoms with van der Waals surface area (Å²) >= 11 is 0. The Hall–Kier alpha value is -0.590. The maximum absolute atomic E-state index is 4.23. The first-order valence-corrected chi connectivity index (χ1v) is 4.32. The van der Waals surface area contributed by atoms with E-state index in [1.165, 1.54) is 0 Å². The molecule has 11 heavy (non-hydrogen) atoms. The molecule has 0 N–H and O–H groups in total. The Morgan fingerprint density at radius 3 is 2.00 bits per heavy atom. The third kappa shape index (κ3) is 0.867. The van der Waals surface area contributed by atoms with Crippen molar-refractivity contribution in [3.8, 4) is 0 Å². The van der Waals surface area contributed by atoms with Crippen LogP contribution in [0.25, 0.3) is 0 Å². The first-order valence-electron chi connectivity index (χ1n) is 4.32. The van der Waals surface area contributed by atoms with Crippen molar-refractivity contribution in [3.05, 3.63) is 12.2 Å². The zero-order valence-corrected chi connectivity index (χ0v) is 7.72. The van der Waals surface area contributed by atoms with Crippen LogP contribution in [0.15, 0.2) is 17.1 Å². The molecule has 0 fully saturated rings. The third-order valence-corrected chi connectivity index (χ3v) is 3.27. The maximum Gasteiger partial charge on any atom is 0.0865 e. The highest BCUT2D eigenvalue weighted by Crippen LogP contribution is 2.49. The van der Waals surface area contributed by atoms with E-state index in [0.29, 0.717) is 0 Å². The first-order chi connectivity index (χ1) is 5.14. The van der Waals surface area contributed by atoms with Crippen molar-refractivity contribution >= 4 is 6.72 Å². The highest BCUT2D eigenvalue weighted by atomic mass is 14.9. The normalized spacial score (nSPS) is 41.7. The van der Waals surface area contributed by atoms with Crippen molar-refractivity contribution in [1.29, 1.82) is 0 Å². The van der Waals surface area contributed by atoms with Crippen LogP contribution in [0.2, 0.25) is 0 Å². The molecule has 0 bridgehead atoms. The third-order valence-electron chi connectivity index (χ3n) is 3.27. The fraction of sp³-hybridized carbons (Fsp3) is 0.700. The van der Waals surface area contributed by atoms with Crippen molar-refractivity contribution in [2.24, 2.45) is 10.4 Å². The van der Waals surface area contributed by atoms with Gasteiger partial charge in [0.2, 0.25) is 0 Å². The summed E-state index contributed by atoms with van der Waals surface area (Å²) in [6.07, 6.45) is 6.66. The van der Waals surface area contributed by atoms with Crippen LogP contribution in [-0.4, -0.2) is 12.3 Å². The van der Waals surface area contributed by atoms with Crippen molar-refractivity contribution < 1.29 is 0 Å². The van der Waals surface area contributed by atoms with Gasteiger partial charge < -0.3 is 0 Å². The molecule has 1 nitrogen and oxygen atoms in total. The van der Waals surface area contributed by atoms with Gasteiger partial charge in [-0.05, 0) is 19.6 Å². The molecule has 62 valence electrons. The number of hydrogen-bond donors (Lipinski definition) is 0. The molecule has 2 unspecified atom stereocenters. The van der Waals surface area contributed by atoms with E-state index < -0.39 is 0 Å². The molecule has 1 aliphatic carbocycles. The highest BCUT2D eigenvalue weighted by Gasteiger charge is 2.47. The van der Waals surface area contributed by atoms with Crippen LogP contribution >= 0.6 is 0 Å². The van der Waals surface area contributed by atoms with Crippen LogP contribution in [0, 0.1) is 5.41 Å². The highest BCUT2D eigenvalue weighted by molar-refractivity contribution is 5.38. The van der Waals surface area contributed by atoms with Gasteiger partial charge in [-0.3, -0.25) is 4.99 Å². The van der Waals surface area contributed by atoms with Gasteiger partial charge in [-0.25, -0.2) is 0 Å². The molecule has 0 radical (unpaired) electrons. The largest absolute Gasteiger partial charge is 0.289 e. The quantitative estimate of drug-likeness (QED) is 0.434. The zero-order chi connectivity index (χ0) is 8.54. The molecule has 0 aromatic rings. The average Bonchev–Trinajstić information content (AvgIpc) is 2.04. The molecule has 0 aromatic heterocycles. The van der Waals surface area contributed by atoms with Crippen molar-refractivity contribution in [3.63, 3.8) is 0 Å². The SMILES string of the molecule is C=NC1(CC)C=CC1(C)CC. The van der Waals surface area contributed by atoms with Gasteiger partial charge in [0.1, 0.15) is 0 Å². The van der Waals surface area contributed by atoms with Gasteiger partial charge in [0.25, 0.3) is 0 Å². The summed E-state index contributed by atoms with van der Waals surface area (Å²) in [4.78, 5) is 4.23. The van der Waals surface area contributed by atoms with E-state index in [1.807, 2.05) is 0 Å². The van der Waals surface area contributed by atoms with Crippen molar-refractivity contribution in [1.82, 2.24) is 0 Å². The van der Waals surface area contributed by atoms with Crippen LogP contribution < -0.4 is 0 Å². The van der Waals surface area contributed by atoms with Gasteiger partial charge in [0, 0.05) is 5.41 Å². The number of rotatable bonds is 3. The molecule has 0 aromatic carbocycles. The van der Waals surface area contributed by atoms with Gasteiger partial charge in [0.05, 0.1) is 5.54 Å². The number of aliphatic imine (C=N–C) groups is 1. The Bertz CT molecular complexity index is 195. The minimum absolute atomic E-state index is 0.0434. The van der Waals surface area contributed by atoms with E-state index in [-0.39, 0.29) is 11.0 Å². The lowest BCUT2D eigenvalue weighted by Gasteiger charge is -2.48. The minimum atomic E-state index is 0.0434. The molecule has 1 aliphatic rings. The number of hydrogen-bond acceptors (Lipinski definition) is 1. The predicted molar refractivity (Wildman–Crippen MR) is 50.1 cm³/mol. The standard InChI is InChI=1S/C10H17N/c1-5-9(3)7-8-10(9,6-2)11-4/h7-8H,4-6H2,1-3H3.